The molecule has 0 unspecified atom stereocenters. The number of hydrogen-bond donors (Lipinski definition) is 1. The smallest absolute Gasteiger partial charge is 0.255 e. The molecule has 0 atom stereocenters. The van der Waals surface area contributed by atoms with Crippen LogP contribution < -0.4 is 10.3 Å². The van der Waals surface area contributed by atoms with E-state index in [1.807, 2.05) is 18.2 Å². The normalized spacial score (nSPS) is 13.7. The van der Waals surface area contributed by atoms with Crippen LogP contribution >= 0.6 is 11.9 Å². The van der Waals surface area contributed by atoms with Crippen LogP contribution in [0.4, 0.5) is 5.69 Å². The lowest BCUT2D eigenvalue weighted by Gasteiger charge is -2.30. The predicted octanol–water partition coefficient (Wildman–Crippen LogP) is 6.77. The summed E-state index contributed by atoms with van der Waals surface area (Å²) in [4.78, 5) is 12.4. The standard InChI is InChI=1S/C28H28N4OS/c1-19(2)18-34-30-21-11-9-20(10-12-21)28-25(17-29)24-14-13-23(31-15-4-3-8-27(31)33)16-26(24)32(28)22-6-5-7-22/h3-4,8-16,19,22,30H,5-7,18H2,1-2H3. The summed E-state index contributed by atoms with van der Waals surface area (Å²) in [5.74, 6) is 1.67. The fraction of sp³-hybridized carbons (Fsp3) is 0.286. The third-order valence-electron chi connectivity index (χ3n) is 6.41. The number of nitrogens with zero attached hydrogens (tertiary/aromatic N) is 3. The van der Waals surface area contributed by atoms with Crippen LogP contribution in [0.5, 0.6) is 0 Å². The van der Waals surface area contributed by atoms with Gasteiger partial charge in [-0.3, -0.25) is 9.36 Å². The van der Waals surface area contributed by atoms with Crippen molar-refractivity contribution in [3.63, 3.8) is 0 Å². The summed E-state index contributed by atoms with van der Waals surface area (Å²) >= 11 is 1.71. The van der Waals surface area contributed by atoms with Crippen molar-refractivity contribution in [2.75, 3.05) is 10.5 Å². The van der Waals surface area contributed by atoms with Crippen molar-refractivity contribution in [2.24, 2.45) is 5.92 Å². The Morgan fingerprint density at radius 1 is 1.12 bits per heavy atom. The Labute approximate surface area is 204 Å². The molecule has 6 heteroatoms. The SMILES string of the molecule is CC(C)CSNc1ccc(-c2c(C#N)c3ccc(-n4ccccc4=O)cc3n2C2CCC2)cc1. The van der Waals surface area contributed by atoms with E-state index in [1.54, 1.807) is 34.8 Å². The Morgan fingerprint density at radius 2 is 1.91 bits per heavy atom. The van der Waals surface area contributed by atoms with E-state index in [0.29, 0.717) is 17.5 Å². The molecule has 1 aliphatic rings. The van der Waals surface area contributed by atoms with Gasteiger partial charge in [-0.1, -0.05) is 44.0 Å². The van der Waals surface area contributed by atoms with E-state index in [-0.39, 0.29) is 5.56 Å². The van der Waals surface area contributed by atoms with Crippen LogP contribution in [0.1, 0.15) is 44.7 Å². The van der Waals surface area contributed by atoms with Crippen LogP contribution in [0.3, 0.4) is 0 Å². The number of pyridine rings is 1. The summed E-state index contributed by atoms with van der Waals surface area (Å²) in [6, 6.07) is 22.4. The number of fused-ring (bicyclic) bond motifs is 1. The highest BCUT2D eigenvalue weighted by atomic mass is 32.2. The molecular weight excluding hydrogens is 440 g/mol. The number of benzene rings is 2. The number of aromatic nitrogens is 2. The average molecular weight is 469 g/mol. The zero-order chi connectivity index (χ0) is 23.7. The first-order valence-corrected chi connectivity index (χ1v) is 12.8. The van der Waals surface area contributed by atoms with Crippen molar-refractivity contribution in [1.82, 2.24) is 9.13 Å². The number of anilines is 1. The first-order valence-electron chi connectivity index (χ1n) is 11.8. The minimum atomic E-state index is -0.0669. The van der Waals surface area contributed by atoms with Crippen LogP contribution in [0, 0.1) is 17.2 Å². The van der Waals surface area contributed by atoms with Crippen LogP contribution in [0.2, 0.25) is 0 Å². The molecule has 172 valence electrons. The molecule has 1 saturated carbocycles. The molecule has 4 aromatic rings. The molecule has 2 heterocycles. The minimum absolute atomic E-state index is 0.0669. The fourth-order valence-electron chi connectivity index (χ4n) is 4.50. The molecule has 0 aliphatic heterocycles. The van der Waals surface area contributed by atoms with Crippen LogP contribution in [0.15, 0.2) is 71.7 Å². The average Bonchev–Trinajstić information content (AvgIpc) is 3.12. The molecule has 5 nitrogen and oxygen atoms in total. The van der Waals surface area contributed by atoms with Gasteiger partial charge in [-0.05, 0) is 67.1 Å². The molecule has 0 spiro atoms. The lowest BCUT2D eigenvalue weighted by atomic mass is 9.92. The Bertz CT molecular complexity index is 1420. The molecule has 34 heavy (non-hydrogen) atoms. The van der Waals surface area contributed by atoms with Gasteiger partial charge in [-0.15, -0.1) is 0 Å². The molecule has 1 fully saturated rings. The summed E-state index contributed by atoms with van der Waals surface area (Å²) in [6.45, 7) is 4.42. The lowest BCUT2D eigenvalue weighted by Crippen LogP contribution is -2.18. The number of rotatable bonds is 7. The quantitative estimate of drug-likeness (QED) is 0.304. The monoisotopic (exact) mass is 468 g/mol. The zero-order valence-electron chi connectivity index (χ0n) is 19.5. The Morgan fingerprint density at radius 3 is 2.56 bits per heavy atom. The second-order valence-corrected chi connectivity index (χ2v) is 10.1. The molecule has 2 aromatic carbocycles. The second-order valence-electron chi connectivity index (χ2n) is 9.28. The maximum atomic E-state index is 12.4. The zero-order valence-corrected chi connectivity index (χ0v) is 20.3. The largest absolute Gasteiger partial charge is 0.336 e. The highest BCUT2D eigenvalue weighted by Gasteiger charge is 2.28. The molecule has 5 rings (SSSR count). The Balaban J connectivity index is 1.62. The van der Waals surface area contributed by atoms with Gasteiger partial charge in [0, 0.05) is 35.1 Å². The van der Waals surface area contributed by atoms with E-state index in [9.17, 15) is 10.1 Å². The van der Waals surface area contributed by atoms with E-state index in [0.717, 1.165) is 52.1 Å². The molecule has 2 aromatic heterocycles. The third-order valence-corrected chi connectivity index (χ3v) is 7.62. The number of nitriles is 1. The predicted molar refractivity (Wildman–Crippen MR) is 141 cm³/mol. The van der Waals surface area contributed by atoms with E-state index in [1.165, 1.54) is 6.42 Å². The van der Waals surface area contributed by atoms with E-state index >= 15 is 0 Å². The van der Waals surface area contributed by atoms with Crippen molar-refractivity contribution in [3.8, 4) is 23.0 Å². The van der Waals surface area contributed by atoms with Gasteiger partial charge in [-0.2, -0.15) is 5.26 Å². The van der Waals surface area contributed by atoms with Crippen LogP contribution in [0.25, 0.3) is 27.8 Å². The van der Waals surface area contributed by atoms with Gasteiger partial charge in [0.2, 0.25) is 0 Å². The topological polar surface area (TPSA) is 62.8 Å². The summed E-state index contributed by atoms with van der Waals surface area (Å²) in [6.07, 6.45) is 5.18. The Kier molecular flexibility index (Phi) is 6.21. The highest BCUT2D eigenvalue weighted by Crippen LogP contribution is 2.43. The highest BCUT2D eigenvalue weighted by molar-refractivity contribution is 8.00. The summed E-state index contributed by atoms with van der Waals surface area (Å²) in [5.41, 5.74) is 5.53. The van der Waals surface area contributed by atoms with Gasteiger partial charge in [-0.25, -0.2) is 0 Å². The van der Waals surface area contributed by atoms with Crippen LogP contribution in [-0.4, -0.2) is 14.9 Å². The van der Waals surface area contributed by atoms with Gasteiger partial charge in [0.1, 0.15) is 6.07 Å². The lowest BCUT2D eigenvalue weighted by molar-refractivity contribution is 0.324. The molecule has 1 N–H and O–H groups in total. The van der Waals surface area contributed by atoms with E-state index < -0.39 is 0 Å². The molecule has 1 aliphatic carbocycles. The molecule has 0 saturated heterocycles. The number of hydrogen-bond acceptors (Lipinski definition) is 4. The second kappa shape index (κ2) is 9.44. The maximum Gasteiger partial charge on any atom is 0.255 e. The van der Waals surface area contributed by atoms with Crippen molar-refractivity contribution < 1.29 is 0 Å². The van der Waals surface area contributed by atoms with E-state index in [4.69, 9.17) is 0 Å². The van der Waals surface area contributed by atoms with Crippen molar-refractivity contribution >= 4 is 28.5 Å². The molecule has 0 radical (unpaired) electrons. The summed E-state index contributed by atoms with van der Waals surface area (Å²) in [7, 11) is 0. The minimum Gasteiger partial charge on any atom is -0.336 e. The third kappa shape index (κ3) is 4.12. The molecule has 0 amide bonds. The van der Waals surface area contributed by atoms with Crippen molar-refractivity contribution in [1.29, 1.82) is 5.26 Å². The van der Waals surface area contributed by atoms with Gasteiger partial charge < -0.3 is 9.29 Å². The van der Waals surface area contributed by atoms with Crippen LogP contribution in [-0.2, 0) is 0 Å². The summed E-state index contributed by atoms with van der Waals surface area (Å²) in [5, 5.41) is 11.1. The maximum absolute atomic E-state index is 12.4. The van der Waals surface area contributed by atoms with Crippen molar-refractivity contribution in [2.45, 2.75) is 39.2 Å². The fourth-order valence-corrected chi connectivity index (χ4v) is 5.22. The first-order chi connectivity index (χ1) is 16.6. The van der Waals surface area contributed by atoms with Gasteiger partial charge in [0.15, 0.2) is 0 Å². The van der Waals surface area contributed by atoms with E-state index in [2.05, 4.69) is 59.5 Å². The first kappa shape index (κ1) is 22.4. The molecule has 0 bridgehead atoms. The Hall–Kier alpha value is -3.43. The number of nitrogens with one attached hydrogen (secondary N) is 1. The molecular formula is C28H28N4OS. The van der Waals surface area contributed by atoms with Gasteiger partial charge in [0.05, 0.1) is 22.5 Å². The summed E-state index contributed by atoms with van der Waals surface area (Å²) < 4.78 is 7.40. The van der Waals surface area contributed by atoms with Gasteiger partial charge in [0.25, 0.3) is 5.56 Å². The van der Waals surface area contributed by atoms with Gasteiger partial charge >= 0.3 is 0 Å². The van der Waals surface area contributed by atoms with Crippen molar-refractivity contribution in [3.05, 3.63) is 82.8 Å².